The zero-order valence-electron chi connectivity index (χ0n) is 11.3. The van der Waals surface area contributed by atoms with Crippen molar-refractivity contribution >= 4 is 11.9 Å². The van der Waals surface area contributed by atoms with Gasteiger partial charge in [-0.25, -0.2) is 0 Å². The SMILES string of the molecule is CCCC=C(C(C)C)C(OC(C)=O)OC(C)=O. The fourth-order valence-electron chi connectivity index (χ4n) is 1.38. The Labute approximate surface area is 103 Å². The number of ether oxygens (including phenoxy) is 2. The largest absolute Gasteiger partial charge is 0.421 e. The van der Waals surface area contributed by atoms with Crippen LogP contribution in [0.4, 0.5) is 0 Å². The van der Waals surface area contributed by atoms with Gasteiger partial charge in [0, 0.05) is 19.4 Å². The van der Waals surface area contributed by atoms with E-state index in [9.17, 15) is 9.59 Å². The van der Waals surface area contributed by atoms with Crippen molar-refractivity contribution < 1.29 is 19.1 Å². The van der Waals surface area contributed by atoms with E-state index in [-0.39, 0.29) is 5.92 Å². The maximum atomic E-state index is 11.0. The van der Waals surface area contributed by atoms with E-state index in [0.29, 0.717) is 0 Å². The minimum Gasteiger partial charge on any atom is -0.421 e. The first-order valence-electron chi connectivity index (χ1n) is 5.92. The predicted octanol–water partition coefficient (Wildman–Crippen LogP) is 2.82. The second kappa shape index (κ2) is 7.87. The molecule has 0 unspecified atom stereocenters. The van der Waals surface area contributed by atoms with Crippen molar-refractivity contribution in [3.05, 3.63) is 11.6 Å². The summed E-state index contributed by atoms with van der Waals surface area (Å²) in [5.74, 6) is -0.760. The van der Waals surface area contributed by atoms with Crippen LogP contribution in [0, 0.1) is 5.92 Å². The maximum absolute atomic E-state index is 11.0. The molecule has 17 heavy (non-hydrogen) atoms. The highest BCUT2D eigenvalue weighted by molar-refractivity contribution is 5.68. The van der Waals surface area contributed by atoms with Crippen molar-refractivity contribution in [2.75, 3.05) is 0 Å². The van der Waals surface area contributed by atoms with Gasteiger partial charge in [-0.15, -0.1) is 0 Å². The van der Waals surface area contributed by atoms with E-state index >= 15 is 0 Å². The molecule has 0 radical (unpaired) electrons. The summed E-state index contributed by atoms with van der Waals surface area (Å²) < 4.78 is 10.1. The van der Waals surface area contributed by atoms with Crippen molar-refractivity contribution in [3.63, 3.8) is 0 Å². The average Bonchev–Trinajstić information content (AvgIpc) is 2.15. The van der Waals surface area contributed by atoms with Crippen LogP contribution in [-0.4, -0.2) is 18.2 Å². The summed E-state index contributed by atoms with van der Waals surface area (Å²) in [4.78, 5) is 22.0. The molecule has 0 aromatic carbocycles. The fraction of sp³-hybridized carbons (Fsp3) is 0.692. The Bertz CT molecular complexity index is 276. The fourth-order valence-corrected chi connectivity index (χ4v) is 1.38. The molecule has 0 aromatic heterocycles. The van der Waals surface area contributed by atoms with Crippen LogP contribution in [0.15, 0.2) is 11.6 Å². The van der Waals surface area contributed by atoms with Crippen molar-refractivity contribution in [2.45, 2.75) is 53.8 Å². The number of allylic oxidation sites excluding steroid dienone is 1. The molecule has 0 aliphatic heterocycles. The zero-order valence-corrected chi connectivity index (χ0v) is 11.3. The van der Waals surface area contributed by atoms with E-state index in [0.717, 1.165) is 18.4 Å². The molecular weight excluding hydrogens is 220 g/mol. The van der Waals surface area contributed by atoms with E-state index in [1.54, 1.807) is 0 Å². The molecule has 0 bridgehead atoms. The van der Waals surface area contributed by atoms with Gasteiger partial charge in [0.2, 0.25) is 0 Å². The molecule has 0 atom stereocenters. The van der Waals surface area contributed by atoms with Gasteiger partial charge in [0.25, 0.3) is 6.29 Å². The van der Waals surface area contributed by atoms with Gasteiger partial charge < -0.3 is 9.47 Å². The summed E-state index contributed by atoms with van der Waals surface area (Å²) in [7, 11) is 0. The van der Waals surface area contributed by atoms with Gasteiger partial charge in [0.1, 0.15) is 0 Å². The van der Waals surface area contributed by atoms with Crippen LogP contribution in [0.2, 0.25) is 0 Å². The molecular formula is C13H22O4. The Morgan fingerprint density at radius 2 is 1.59 bits per heavy atom. The minimum atomic E-state index is -0.892. The van der Waals surface area contributed by atoms with Gasteiger partial charge >= 0.3 is 11.9 Å². The molecule has 0 rings (SSSR count). The monoisotopic (exact) mass is 242 g/mol. The number of esters is 2. The highest BCUT2D eigenvalue weighted by Gasteiger charge is 2.22. The molecule has 0 aromatic rings. The number of hydrogen-bond acceptors (Lipinski definition) is 4. The second-order valence-corrected chi connectivity index (χ2v) is 4.20. The van der Waals surface area contributed by atoms with Crippen molar-refractivity contribution in [1.82, 2.24) is 0 Å². The Hall–Kier alpha value is -1.32. The van der Waals surface area contributed by atoms with Gasteiger partial charge in [-0.2, -0.15) is 0 Å². The maximum Gasteiger partial charge on any atom is 0.305 e. The molecule has 0 spiro atoms. The van der Waals surface area contributed by atoms with Crippen LogP contribution in [0.25, 0.3) is 0 Å². The first kappa shape index (κ1) is 15.7. The van der Waals surface area contributed by atoms with E-state index < -0.39 is 18.2 Å². The van der Waals surface area contributed by atoms with Crippen molar-refractivity contribution in [3.8, 4) is 0 Å². The molecule has 4 heteroatoms. The van der Waals surface area contributed by atoms with Gasteiger partial charge in [-0.1, -0.05) is 33.3 Å². The molecule has 0 aliphatic rings. The van der Waals surface area contributed by atoms with Crippen LogP contribution >= 0.6 is 0 Å². The topological polar surface area (TPSA) is 52.6 Å². The molecule has 0 heterocycles. The quantitative estimate of drug-likeness (QED) is 0.408. The first-order valence-corrected chi connectivity index (χ1v) is 5.92. The lowest BCUT2D eigenvalue weighted by atomic mass is 10.0. The number of carbonyl (C=O) groups is 2. The Kier molecular flexibility index (Phi) is 7.26. The van der Waals surface area contributed by atoms with E-state index in [1.165, 1.54) is 13.8 Å². The van der Waals surface area contributed by atoms with Crippen molar-refractivity contribution in [1.29, 1.82) is 0 Å². The third-order valence-corrected chi connectivity index (χ3v) is 2.15. The van der Waals surface area contributed by atoms with E-state index in [2.05, 4.69) is 6.92 Å². The number of rotatable bonds is 6. The van der Waals surface area contributed by atoms with Crippen LogP contribution in [-0.2, 0) is 19.1 Å². The Morgan fingerprint density at radius 1 is 1.12 bits per heavy atom. The predicted molar refractivity (Wildman–Crippen MR) is 65.1 cm³/mol. The minimum absolute atomic E-state index is 0.158. The number of hydrogen-bond donors (Lipinski definition) is 0. The number of unbranched alkanes of at least 4 members (excludes halogenated alkanes) is 1. The molecule has 0 saturated heterocycles. The highest BCUT2D eigenvalue weighted by Crippen LogP contribution is 2.20. The third kappa shape index (κ3) is 6.76. The van der Waals surface area contributed by atoms with Gasteiger partial charge in [-0.05, 0) is 12.3 Å². The highest BCUT2D eigenvalue weighted by atomic mass is 16.7. The van der Waals surface area contributed by atoms with E-state index in [4.69, 9.17) is 9.47 Å². The summed E-state index contributed by atoms with van der Waals surface area (Å²) in [5.41, 5.74) is 0.831. The summed E-state index contributed by atoms with van der Waals surface area (Å²) >= 11 is 0. The van der Waals surface area contributed by atoms with Gasteiger partial charge in [0.05, 0.1) is 0 Å². The number of carbonyl (C=O) groups excluding carboxylic acids is 2. The van der Waals surface area contributed by atoms with Crippen LogP contribution in [0.5, 0.6) is 0 Å². The molecule has 0 saturated carbocycles. The van der Waals surface area contributed by atoms with Crippen LogP contribution < -0.4 is 0 Å². The van der Waals surface area contributed by atoms with E-state index in [1.807, 2.05) is 19.9 Å². The van der Waals surface area contributed by atoms with Gasteiger partial charge in [0.15, 0.2) is 0 Å². The normalized spacial score (nSPS) is 11.8. The van der Waals surface area contributed by atoms with Crippen LogP contribution in [0.1, 0.15) is 47.5 Å². The summed E-state index contributed by atoms with van der Waals surface area (Å²) in [6.07, 6.45) is 2.94. The Morgan fingerprint density at radius 3 is 1.88 bits per heavy atom. The lowest BCUT2D eigenvalue weighted by Gasteiger charge is -2.22. The summed E-state index contributed by atoms with van der Waals surface area (Å²) in [6.45, 7) is 8.60. The lowest BCUT2D eigenvalue weighted by molar-refractivity contribution is -0.178. The van der Waals surface area contributed by atoms with Gasteiger partial charge in [-0.3, -0.25) is 9.59 Å². The summed E-state index contributed by atoms with van der Waals surface area (Å²) in [5, 5.41) is 0. The molecule has 0 fully saturated rings. The van der Waals surface area contributed by atoms with Crippen LogP contribution in [0.3, 0.4) is 0 Å². The molecule has 98 valence electrons. The lowest BCUT2D eigenvalue weighted by Crippen LogP contribution is -2.27. The standard InChI is InChI=1S/C13H22O4/c1-6-7-8-12(9(2)3)13(16-10(4)14)17-11(5)15/h8-9,13H,6-7H2,1-5H3. The molecule has 0 amide bonds. The smallest absolute Gasteiger partial charge is 0.305 e. The molecule has 4 nitrogen and oxygen atoms in total. The first-order chi connectivity index (χ1) is 7.88. The molecule has 0 N–H and O–H groups in total. The Balaban J connectivity index is 4.92. The third-order valence-electron chi connectivity index (χ3n) is 2.15. The average molecular weight is 242 g/mol. The zero-order chi connectivity index (χ0) is 13.4. The second-order valence-electron chi connectivity index (χ2n) is 4.20. The molecule has 0 aliphatic carbocycles. The van der Waals surface area contributed by atoms with Crippen molar-refractivity contribution in [2.24, 2.45) is 5.92 Å². The summed E-state index contributed by atoms with van der Waals surface area (Å²) in [6, 6.07) is 0.